The lowest BCUT2D eigenvalue weighted by Crippen LogP contribution is -2.51. The number of benzene rings is 3. The number of ether oxygens (including phenoxy) is 1. The minimum absolute atomic E-state index is 0.137. The molecule has 0 aliphatic carbocycles. The molecule has 0 aliphatic rings. The quantitative estimate of drug-likeness (QED) is 0.526. The SMILES string of the molecule is CCNC(=O)[C@@H](Cc1ccccc1)N(Cc1ccccc1)C(=O)COc1ccccc1C. The van der Waals surface area contributed by atoms with E-state index in [0.29, 0.717) is 25.3 Å². The maximum atomic E-state index is 13.4. The van der Waals surface area contributed by atoms with Crippen molar-refractivity contribution in [3.8, 4) is 5.75 Å². The molecule has 2 amide bonds. The van der Waals surface area contributed by atoms with Gasteiger partial charge in [-0.2, -0.15) is 0 Å². The van der Waals surface area contributed by atoms with Gasteiger partial charge in [0.1, 0.15) is 11.8 Å². The van der Waals surface area contributed by atoms with Crippen LogP contribution in [-0.4, -0.2) is 35.9 Å². The van der Waals surface area contributed by atoms with Gasteiger partial charge in [-0.3, -0.25) is 9.59 Å². The summed E-state index contributed by atoms with van der Waals surface area (Å²) in [5.41, 5.74) is 2.91. The van der Waals surface area contributed by atoms with Gasteiger partial charge in [-0.25, -0.2) is 0 Å². The van der Waals surface area contributed by atoms with Gasteiger partial charge in [-0.05, 0) is 36.6 Å². The Labute approximate surface area is 190 Å². The van der Waals surface area contributed by atoms with Crippen molar-refractivity contribution in [2.24, 2.45) is 0 Å². The second-order valence-electron chi connectivity index (χ2n) is 7.66. The van der Waals surface area contributed by atoms with Crippen LogP contribution in [0, 0.1) is 6.92 Å². The van der Waals surface area contributed by atoms with Crippen LogP contribution in [0.1, 0.15) is 23.6 Å². The fourth-order valence-corrected chi connectivity index (χ4v) is 3.57. The summed E-state index contributed by atoms with van der Waals surface area (Å²) in [7, 11) is 0. The summed E-state index contributed by atoms with van der Waals surface area (Å²) < 4.78 is 5.83. The molecular weight excluding hydrogens is 400 g/mol. The number of rotatable bonds is 10. The average Bonchev–Trinajstić information content (AvgIpc) is 2.82. The highest BCUT2D eigenvalue weighted by Crippen LogP contribution is 2.18. The molecule has 0 unspecified atom stereocenters. The van der Waals surface area contributed by atoms with E-state index >= 15 is 0 Å². The van der Waals surface area contributed by atoms with E-state index in [2.05, 4.69) is 5.32 Å². The first-order valence-corrected chi connectivity index (χ1v) is 10.9. The van der Waals surface area contributed by atoms with Crippen molar-refractivity contribution in [3.63, 3.8) is 0 Å². The molecule has 0 heterocycles. The number of carbonyl (C=O) groups excluding carboxylic acids is 2. The number of amides is 2. The van der Waals surface area contributed by atoms with Crippen molar-refractivity contribution in [2.45, 2.75) is 32.9 Å². The van der Waals surface area contributed by atoms with Crippen LogP contribution in [0.25, 0.3) is 0 Å². The van der Waals surface area contributed by atoms with Gasteiger partial charge >= 0.3 is 0 Å². The Morgan fingerprint density at radius 3 is 2.09 bits per heavy atom. The van der Waals surface area contributed by atoms with Gasteiger partial charge in [0.2, 0.25) is 5.91 Å². The summed E-state index contributed by atoms with van der Waals surface area (Å²) in [5, 5.41) is 2.90. The molecule has 0 bridgehead atoms. The smallest absolute Gasteiger partial charge is 0.261 e. The first kappa shape index (κ1) is 23.1. The van der Waals surface area contributed by atoms with Crippen LogP contribution in [0.15, 0.2) is 84.9 Å². The first-order valence-electron chi connectivity index (χ1n) is 10.9. The predicted octanol–water partition coefficient (Wildman–Crippen LogP) is 4.15. The van der Waals surface area contributed by atoms with Crippen LogP contribution < -0.4 is 10.1 Å². The molecule has 0 spiro atoms. The van der Waals surface area contributed by atoms with Gasteiger partial charge < -0.3 is 15.0 Å². The van der Waals surface area contributed by atoms with Gasteiger partial charge in [0, 0.05) is 19.5 Å². The predicted molar refractivity (Wildman–Crippen MR) is 126 cm³/mol. The molecule has 166 valence electrons. The monoisotopic (exact) mass is 430 g/mol. The zero-order valence-corrected chi connectivity index (χ0v) is 18.7. The molecule has 3 aromatic carbocycles. The standard InChI is InChI=1S/C27H30N2O3/c1-3-28-27(31)24(18-22-13-6-4-7-14-22)29(19-23-15-8-5-9-16-23)26(30)20-32-25-17-11-10-12-21(25)2/h4-17,24H,3,18-20H2,1-2H3,(H,28,31)/t24-/m1/s1. The van der Waals surface area contributed by atoms with Crippen LogP contribution in [0.4, 0.5) is 0 Å². The second-order valence-corrected chi connectivity index (χ2v) is 7.66. The summed E-state index contributed by atoms with van der Waals surface area (Å²) in [5.74, 6) is 0.263. The maximum Gasteiger partial charge on any atom is 0.261 e. The zero-order chi connectivity index (χ0) is 22.8. The maximum absolute atomic E-state index is 13.4. The summed E-state index contributed by atoms with van der Waals surface area (Å²) in [6.45, 7) is 4.50. The van der Waals surface area contributed by atoms with Gasteiger partial charge in [0.15, 0.2) is 6.61 Å². The van der Waals surface area contributed by atoms with Crippen LogP contribution in [0.3, 0.4) is 0 Å². The van der Waals surface area contributed by atoms with Crippen LogP contribution in [0.2, 0.25) is 0 Å². The summed E-state index contributed by atoms with van der Waals surface area (Å²) >= 11 is 0. The lowest BCUT2D eigenvalue weighted by atomic mass is 10.0. The molecule has 0 radical (unpaired) electrons. The number of nitrogens with zero attached hydrogens (tertiary/aromatic N) is 1. The normalized spacial score (nSPS) is 11.4. The van der Waals surface area contributed by atoms with E-state index in [9.17, 15) is 9.59 Å². The molecule has 3 aromatic rings. The highest BCUT2D eigenvalue weighted by Gasteiger charge is 2.30. The van der Waals surface area contributed by atoms with Crippen molar-refractivity contribution in [1.29, 1.82) is 0 Å². The first-order chi connectivity index (χ1) is 15.6. The Hall–Kier alpha value is -3.60. The van der Waals surface area contributed by atoms with E-state index in [1.807, 2.05) is 98.8 Å². The fourth-order valence-electron chi connectivity index (χ4n) is 3.57. The number of hydrogen-bond donors (Lipinski definition) is 1. The van der Waals surface area contributed by atoms with Crippen molar-refractivity contribution < 1.29 is 14.3 Å². The zero-order valence-electron chi connectivity index (χ0n) is 18.7. The van der Waals surface area contributed by atoms with Crippen molar-refractivity contribution in [1.82, 2.24) is 10.2 Å². The van der Waals surface area contributed by atoms with E-state index in [1.54, 1.807) is 4.90 Å². The van der Waals surface area contributed by atoms with Gasteiger partial charge in [-0.1, -0.05) is 78.9 Å². The molecule has 3 rings (SSSR count). The van der Waals surface area contributed by atoms with Crippen LogP contribution in [-0.2, 0) is 22.6 Å². The molecule has 0 aliphatic heterocycles. The van der Waals surface area contributed by atoms with Gasteiger partial charge in [0.25, 0.3) is 5.91 Å². The highest BCUT2D eigenvalue weighted by molar-refractivity contribution is 5.88. The topological polar surface area (TPSA) is 58.6 Å². The Morgan fingerprint density at radius 1 is 0.875 bits per heavy atom. The van der Waals surface area contributed by atoms with Crippen molar-refractivity contribution in [2.75, 3.05) is 13.2 Å². The molecule has 0 saturated heterocycles. The number of likely N-dealkylation sites (N-methyl/N-ethyl adjacent to an activating group) is 1. The largest absolute Gasteiger partial charge is 0.484 e. The third kappa shape index (κ3) is 6.45. The average molecular weight is 431 g/mol. The van der Waals surface area contributed by atoms with E-state index in [1.165, 1.54) is 0 Å². The number of hydrogen-bond acceptors (Lipinski definition) is 3. The number of aryl methyl sites for hydroxylation is 1. The van der Waals surface area contributed by atoms with Gasteiger partial charge in [-0.15, -0.1) is 0 Å². The molecule has 1 N–H and O–H groups in total. The Morgan fingerprint density at radius 2 is 1.47 bits per heavy atom. The molecule has 0 fully saturated rings. The summed E-state index contributed by atoms with van der Waals surface area (Å²) in [6, 6.07) is 26.4. The van der Waals surface area contributed by atoms with E-state index < -0.39 is 6.04 Å². The Balaban J connectivity index is 1.87. The number of carbonyl (C=O) groups is 2. The Bertz CT molecular complexity index is 1010. The molecule has 32 heavy (non-hydrogen) atoms. The summed E-state index contributed by atoms with van der Waals surface area (Å²) in [4.78, 5) is 28.1. The minimum atomic E-state index is -0.648. The number of nitrogens with one attached hydrogen (secondary N) is 1. The fraction of sp³-hybridized carbons (Fsp3) is 0.259. The summed E-state index contributed by atoms with van der Waals surface area (Å²) in [6.07, 6.45) is 0.426. The highest BCUT2D eigenvalue weighted by atomic mass is 16.5. The van der Waals surface area contributed by atoms with Crippen molar-refractivity contribution >= 4 is 11.8 Å². The minimum Gasteiger partial charge on any atom is -0.484 e. The lowest BCUT2D eigenvalue weighted by molar-refractivity contribution is -0.142. The van der Waals surface area contributed by atoms with Crippen LogP contribution >= 0.6 is 0 Å². The van der Waals surface area contributed by atoms with Crippen LogP contribution in [0.5, 0.6) is 5.75 Å². The number of para-hydroxylation sites is 1. The van der Waals surface area contributed by atoms with Gasteiger partial charge in [0.05, 0.1) is 0 Å². The molecular formula is C27H30N2O3. The Kier molecular flexibility index (Phi) is 8.44. The van der Waals surface area contributed by atoms with E-state index in [-0.39, 0.29) is 18.4 Å². The molecule has 0 aromatic heterocycles. The third-order valence-electron chi connectivity index (χ3n) is 5.26. The molecule has 5 nitrogen and oxygen atoms in total. The molecule has 5 heteroatoms. The molecule has 0 saturated carbocycles. The third-order valence-corrected chi connectivity index (χ3v) is 5.26. The second kappa shape index (κ2) is 11.7. The van der Waals surface area contributed by atoms with E-state index in [0.717, 1.165) is 16.7 Å². The molecule has 1 atom stereocenters. The van der Waals surface area contributed by atoms with E-state index in [4.69, 9.17) is 4.74 Å². The lowest BCUT2D eigenvalue weighted by Gasteiger charge is -2.31. The van der Waals surface area contributed by atoms with Crippen molar-refractivity contribution in [3.05, 3.63) is 102 Å².